The van der Waals surface area contributed by atoms with E-state index in [0.29, 0.717) is 27.3 Å². The van der Waals surface area contributed by atoms with E-state index in [1.165, 1.54) is 30.2 Å². The van der Waals surface area contributed by atoms with E-state index in [1.54, 1.807) is 23.8 Å². The standard InChI is InChI=1S/C17H18N4O4S2/c1-10(2)21-14(12-5-4-7-25-12)19-20-17(21)27-9-13(22)18-15-11(6-8-26-15)16(23)24-3/h4-8,10H,9H2,1-3H3,(H,18,22). The molecule has 0 aliphatic rings. The van der Waals surface area contributed by atoms with Gasteiger partial charge in [0.25, 0.3) is 0 Å². The second kappa shape index (κ2) is 8.40. The molecule has 10 heteroatoms. The third kappa shape index (κ3) is 4.22. The molecule has 0 bridgehead atoms. The number of carbonyl (C=O) groups is 2. The Hall–Kier alpha value is -2.59. The molecule has 0 fully saturated rings. The molecule has 3 aromatic rings. The van der Waals surface area contributed by atoms with Crippen molar-refractivity contribution in [2.24, 2.45) is 0 Å². The number of amides is 1. The average molecular weight is 406 g/mol. The zero-order valence-corrected chi connectivity index (χ0v) is 16.6. The number of hydrogen-bond donors (Lipinski definition) is 1. The van der Waals surface area contributed by atoms with E-state index in [2.05, 4.69) is 15.5 Å². The largest absolute Gasteiger partial charge is 0.465 e. The number of hydrogen-bond acceptors (Lipinski definition) is 8. The van der Waals surface area contributed by atoms with Gasteiger partial charge < -0.3 is 14.5 Å². The maximum atomic E-state index is 12.3. The van der Waals surface area contributed by atoms with E-state index in [9.17, 15) is 9.59 Å². The lowest BCUT2D eigenvalue weighted by Gasteiger charge is -2.12. The van der Waals surface area contributed by atoms with E-state index in [1.807, 2.05) is 24.5 Å². The summed E-state index contributed by atoms with van der Waals surface area (Å²) in [5.41, 5.74) is 0.339. The van der Waals surface area contributed by atoms with Crippen molar-refractivity contribution >= 4 is 40.0 Å². The first kappa shape index (κ1) is 19.2. The van der Waals surface area contributed by atoms with Gasteiger partial charge in [-0.2, -0.15) is 0 Å². The van der Waals surface area contributed by atoms with Gasteiger partial charge in [-0.05, 0) is 37.4 Å². The summed E-state index contributed by atoms with van der Waals surface area (Å²) in [6.45, 7) is 4.02. The third-order valence-corrected chi connectivity index (χ3v) is 5.35. The second-order valence-corrected chi connectivity index (χ2v) is 7.60. The van der Waals surface area contributed by atoms with Gasteiger partial charge in [-0.1, -0.05) is 11.8 Å². The average Bonchev–Trinajstić information content (AvgIpc) is 3.38. The van der Waals surface area contributed by atoms with Crippen LogP contribution in [-0.2, 0) is 9.53 Å². The molecule has 3 aromatic heterocycles. The topological polar surface area (TPSA) is 99.2 Å². The fourth-order valence-electron chi connectivity index (χ4n) is 2.38. The van der Waals surface area contributed by atoms with Gasteiger partial charge in [0.2, 0.25) is 11.7 Å². The smallest absolute Gasteiger partial charge is 0.340 e. The third-order valence-electron chi connectivity index (χ3n) is 3.58. The molecule has 1 amide bonds. The van der Waals surface area contributed by atoms with Crippen molar-refractivity contribution in [3.8, 4) is 11.6 Å². The normalized spacial score (nSPS) is 11.0. The molecule has 0 aliphatic heterocycles. The predicted molar refractivity (Wildman–Crippen MR) is 103 cm³/mol. The lowest BCUT2D eigenvalue weighted by Crippen LogP contribution is -2.16. The van der Waals surface area contributed by atoms with Gasteiger partial charge in [0.15, 0.2) is 10.9 Å². The number of methoxy groups -OCH3 is 1. The highest BCUT2D eigenvalue weighted by molar-refractivity contribution is 7.99. The minimum absolute atomic E-state index is 0.0916. The number of anilines is 1. The Bertz CT molecular complexity index is 931. The van der Waals surface area contributed by atoms with Crippen molar-refractivity contribution in [3.63, 3.8) is 0 Å². The number of nitrogens with one attached hydrogen (secondary N) is 1. The van der Waals surface area contributed by atoms with Crippen molar-refractivity contribution in [3.05, 3.63) is 35.4 Å². The first-order valence-corrected chi connectivity index (χ1v) is 9.95. The molecule has 0 saturated heterocycles. The molecule has 0 aromatic carbocycles. The molecule has 0 unspecified atom stereocenters. The summed E-state index contributed by atoms with van der Waals surface area (Å²) < 4.78 is 12.0. The number of aromatic nitrogens is 3. The van der Waals surface area contributed by atoms with E-state index < -0.39 is 5.97 Å². The predicted octanol–water partition coefficient (Wildman–Crippen LogP) is 3.70. The molecule has 0 spiro atoms. The van der Waals surface area contributed by atoms with Crippen LogP contribution < -0.4 is 5.32 Å². The number of furan rings is 1. The number of thioether (sulfide) groups is 1. The molecule has 142 valence electrons. The first-order valence-electron chi connectivity index (χ1n) is 8.08. The molecular weight excluding hydrogens is 388 g/mol. The number of carbonyl (C=O) groups excluding carboxylic acids is 2. The SMILES string of the molecule is COC(=O)c1ccsc1NC(=O)CSc1nnc(-c2ccco2)n1C(C)C. The summed E-state index contributed by atoms with van der Waals surface area (Å²) in [6, 6.07) is 5.31. The quantitative estimate of drug-likeness (QED) is 0.472. The number of nitrogens with zero attached hydrogens (tertiary/aromatic N) is 3. The van der Waals surface area contributed by atoms with E-state index in [4.69, 9.17) is 9.15 Å². The summed E-state index contributed by atoms with van der Waals surface area (Å²) >= 11 is 2.53. The van der Waals surface area contributed by atoms with E-state index in [0.717, 1.165) is 0 Å². The van der Waals surface area contributed by atoms with Crippen LogP contribution in [0.2, 0.25) is 0 Å². The van der Waals surface area contributed by atoms with Crippen LogP contribution >= 0.6 is 23.1 Å². The van der Waals surface area contributed by atoms with E-state index >= 15 is 0 Å². The van der Waals surface area contributed by atoms with Crippen LogP contribution in [0.25, 0.3) is 11.6 Å². The zero-order valence-electron chi connectivity index (χ0n) is 15.0. The molecule has 8 nitrogen and oxygen atoms in total. The molecular formula is C17H18N4O4S2. The molecule has 1 N–H and O–H groups in total. The molecule has 3 heterocycles. The number of ether oxygens (including phenoxy) is 1. The maximum absolute atomic E-state index is 12.3. The van der Waals surface area contributed by atoms with Gasteiger partial charge in [0, 0.05) is 6.04 Å². The highest BCUT2D eigenvalue weighted by Gasteiger charge is 2.20. The van der Waals surface area contributed by atoms with Gasteiger partial charge >= 0.3 is 5.97 Å². The van der Waals surface area contributed by atoms with Crippen molar-refractivity contribution in [1.29, 1.82) is 0 Å². The Kier molecular flexibility index (Phi) is 5.97. The maximum Gasteiger partial charge on any atom is 0.340 e. The molecule has 0 aliphatic carbocycles. The minimum Gasteiger partial charge on any atom is -0.465 e. The Balaban J connectivity index is 1.69. The van der Waals surface area contributed by atoms with Crippen LogP contribution in [0.15, 0.2) is 39.4 Å². The summed E-state index contributed by atoms with van der Waals surface area (Å²) in [5.74, 6) is 0.631. The fourth-order valence-corrected chi connectivity index (χ4v) is 4.04. The number of rotatable bonds is 7. The number of thiophene rings is 1. The fraction of sp³-hybridized carbons (Fsp3) is 0.294. The highest BCUT2D eigenvalue weighted by Crippen LogP contribution is 2.28. The Morgan fingerprint density at radius 2 is 2.19 bits per heavy atom. The Labute approximate surface area is 163 Å². The lowest BCUT2D eigenvalue weighted by atomic mass is 10.3. The Morgan fingerprint density at radius 1 is 1.37 bits per heavy atom. The number of esters is 1. The minimum atomic E-state index is -0.484. The van der Waals surface area contributed by atoms with Crippen LogP contribution in [0.1, 0.15) is 30.2 Å². The second-order valence-electron chi connectivity index (χ2n) is 5.74. The molecule has 0 radical (unpaired) electrons. The van der Waals surface area contributed by atoms with E-state index in [-0.39, 0.29) is 17.7 Å². The van der Waals surface area contributed by atoms with Crippen LogP contribution in [0.5, 0.6) is 0 Å². The highest BCUT2D eigenvalue weighted by atomic mass is 32.2. The monoisotopic (exact) mass is 406 g/mol. The van der Waals surface area contributed by atoms with Crippen LogP contribution in [-0.4, -0.2) is 39.5 Å². The summed E-state index contributed by atoms with van der Waals surface area (Å²) in [4.78, 5) is 24.0. The van der Waals surface area contributed by atoms with Gasteiger partial charge in [0.05, 0.1) is 24.7 Å². The van der Waals surface area contributed by atoms with Gasteiger partial charge in [-0.15, -0.1) is 21.5 Å². The first-order chi connectivity index (χ1) is 13.0. The van der Waals surface area contributed by atoms with Crippen LogP contribution in [0.3, 0.4) is 0 Å². The Morgan fingerprint density at radius 3 is 2.85 bits per heavy atom. The van der Waals surface area contributed by atoms with Crippen LogP contribution in [0.4, 0.5) is 5.00 Å². The zero-order chi connectivity index (χ0) is 19.4. The lowest BCUT2D eigenvalue weighted by molar-refractivity contribution is -0.113. The molecule has 3 rings (SSSR count). The van der Waals surface area contributed by atoms with Crippen LogP contribution in [0, 0.1) is 0 Å². The van der Waals surface area contributed by atoms with Crippen molar-refractivity contribution < 1.29 is 18.7 Å². The van der Waals surface area contributed by atoms with Gasteiger partial charge in [0.1, 0.15) is 5.00 Å². The van der Waals surface area contributed by atoms with Gasteiger partial charge in [-0.3, -0.25) is 9.36 Å². The van der Waals surface area contributed by atoms with Crippen molar-refractivity contribution in [2.75, 3.05) is 18.2 Å². The van der Waals surface area contributed by atoms with Crippen molar-refractivity contribution in [2.45, 2.75) is 25.0 Å². The summed E-state index contributed by atoms with van der Waals surface area (Å²) in [6.07, 6.45) is 1.58. The summed E-state index contributed by atoms with van der Waals surface area (Å²) in [5, 5.41) is 13.9. The van der Waals surface area contributed by atoms with Crippen molar-refractivity contribution in [1.82, 2.24) is 14.8 Å². The molecule has 27 heavy (non-hydrogen) atoms. The molecule has 0 saturated carbocycles. The summed E-state index contributed by atoms with van der Waals surface area (Å²) in [7, 11) is 1.30. The van der Waals surface area contributed by atoms with Gasteiger partial charge in [-0.25, -0.2) is 4.79 Å². The molecule has 0 atom stereocenters.